The van der Waals surface area contributed by atoms with E-state index in [0.29, 0.717) is 12.1 Å². The highest BCUT2D eigenvalue weighted by Crippen LogP contribution is 2.27. The smallest absolute Gasteiger partial charge is 0.0781 e. The SMILES string of the molecule is CC1CN(CC2(C)CCCO2)C(C)CN1. The molecule has 0 bridgehead atoms. The standard InChI is InChI=1S/C12H24N2O/c1-10-8-14(11(2)7-13-10)9-12(3)5-4-6-15-12/h10-11,13H,4-9H2,1-3H3. The topological polar surface area (TPSA) is 24.5 Å². The molecule has 3 heteroatoms. The lowest BCUT2D eigenvalue weighted by Crippen LogP contribution is -2.57. The predicted octanol–water partition coefficient (Wildman–Crippen LogP) is 1.24. The Hall–Kier alpha value is -0.120. The van der Waals surface area contributed by atoms with E-state index in [4.69, 9.17) is 4.74 Å². The van der Waals surface area contributed by atoms with Gasteiger partial charge in [0.15, 0.2) is 0 Å². The van der Waals surface area contributed by atoms with Gasteiger partial charge in [0, 0.05) is 38.3 Å². The van der Waals surface area contributed by atoms with E-state index in [-0.39, 0.29) is 5.60 Å². The monoisotopic (exact) mass is 212 g/mol. The van der Waals surface area contributed by atoms with Crippen LogP contribution in [0.15, 0.2) is 0 Å². The number of piperazine rings is 1. The molecule has 15 heavy (non-hydrogen) atoms. The fourth-order valence-corrected chi connectivity index (χ4v) is 2.71. The van der Waals surface area contributed by atoms with Crippen molar-refractivity contribution in [2.45, 2.75) is 51.3 Å². The Balaban J connectivity index is 1.91. The summed E-state index contributed by atoms with van der Waals surface area (Å²) in [5.74, 6) is 0. The van der Waals surface area contributed by atoms with E-state index in [1.165, 1.54) is 12.8 Å². The van der Waals surface area contributed by atoms with Gasteiger partial charge in [-0.2, -0.15) is 0 Å². The molecule has 0 radical (unpaired) electrons. The molecular formula is C12H24N2O. The molecule has 88 valence electrons. The Morgan fingerprint density at radius 2 is 2.27 bits per heavy atom. The van der Waals surface area contributed by atoms with Crippen molar-refractivity contribution in [2.75, 3.05) is 26.2 Å². The van der Waals surface area contributed by atoms with Gasteiger partial charge in [0.05, 0.1) is 5.60 Å². The molecule has 2 rings (SSSR count). The zero-order valence-electron chi connectivity index (χ0n) is 10.3. The van der Waals surface area contributed by atoms with Gasteiger partial charge < -0.3 is 10.1 Å². The molecule has 3 atom stereocenters. The van der Waals surface area contributed by atoms with Crippen LogP contribution in [0.25, 0.3) is 0 Å². The fourth-order valence-electron chi connectivity index (χ4n) is 2.71. The van der Waals surface area contributed by atoms with Crippen LogP contribution >= 0.6 is 0 Å². The highest BCUT2D eigenvalue weighted by Gasteiger charge is 2.34. The zero-order chi connectivity index (χ0) is 10.9. The van der Waals surface area contributed by atoms with Crippen LogP contribution in [0.5, 0.6) is 0 Å². The lowest BCUT2D eigenvalue weighted by Gasteiger charge is -2.41. The van der Waals surface area contributed by atoms with Crippen molar-refractivity contribution in [2.24, 2.45) is 0 Å². The van der Waals surface area contributed by atoms with Crippen molar-refractivity contribution in [3.63, 3.8) is 0 Å². The van der Waals surface area contributed by atoms with E-state index in [9.17, 15) is 0 Å². The van der Waals surface area contributed by atoms with Crippen LogP contribution in [-0.2, 0) is 4.74 Å². The van der Waals surface area contributed by atoms with Gasteiger partial charge in [-0.25, -0.2) is 0 Å². The van der Waals surface area contributed by atoms with Crippen LogP contribution in [0.4, 0.5) is 0 Å². The summed E-state index contributed by atoms with van der Waals surface area (Å²) in [5.41, 5.74) is 0.116. The van der Waals surface area contributed by atoms with Crippen LogP contribution in [0.2, 0.25) is 0 Å². The maximum Gasteiger partial charge on any atom is 0.0781 e. The normalized spacial score (nSPS) is 43.4. The van der Waals surface area contributed by atoms with Gasteiger partial charge >= 0.3 is 0 Å². The molecule has 3 unspecified atom stereocenters. The molecule has 2 aliphatic heterocycles. The first kappa shape index (κ1) is 11.4. The summed E-state index contributed by atoms with van der Waals surface area (Å²) in [6, 6.07) is 1.26. The lowest BCUT2D eigenvalue weighted by molar-refractivity contribution is -0.0246. The third-order valence-electron chi connectivity index (χ3n) is 3.73. The van der Waals surface area contributed by atoms with Gasteiger partial charge in [-0.3, -0.25) is 4.90 Å². The Kier molecular flexibility index (Phi) is 3.33. The van der Waals surface area contributed by atoms with E-state index in [2.05, 4.69) is 31.0 Å². The Morgan fingerprint density at radius 1 is 1.47 bits per heavy atom. The Labute approximate surface area is 93.2 Å². The van der Waals surface area contributed by atoms with E-state index in [1.807, 2.05) is 0 Å². The van der Waals surface area contributed by atoms with Crippen LogP contribution in [-0.4, -0.2) is 48.8 Å². The lowest BCUT2D eigenvalue weighted by atomic mass is 10.00. The van der Waals surface area contributed by atoms with Crippen LogP contribution in [0.3, 0.4) is 0 Å². The highest BCUT2D eigenvalue weighted by atomic mass is 16.5. The third-order valence-corrected chi connectivity index (χ3v) is 3.73. The Bertz CT molecular complexity index is 214. The minimum Gasteiger partial charge on any atom is -0.374 e. The number of nitrogens with zero attached hydrogens (tertiary/aromatic N) is 1. The number of ether oxygens (including phenoxy) is 1. The molecule has 2 aliphatic rings. The third kappa shape index (κ3) is 2.71. The van der Waals surface area contributed by atoms with Gasteiger partial charge in [0.1, 0.15) is 0 Å². The first-order chi connectivity index (χ1) is 7.09. The quantitative estimate of drug-likeness (QED) is 0.745. The second-order valence-corrected chi connectivity index (χ2v) is 5.49. The molecule has 0 aliphatic carbocycles. The van der Waals surface area contributed by atoms with Gasteiger partial charge in [-0.1, -0.05) is 0 Å². The van der Waals surface area contributed by atoms with E-state index >= 15 is 0 Å². The molecule has 2 saturated heterocycles. The Morgan fingerprint density at radius 3 is 2.93 bits per heavy atom. The van der Waals surface area contributed by atoms with Crippen molar-refractivity contribution < 1.29 is 4.74 Å². The van der Waals surface area contributed by atoms with Crippen molar-refractivity contribution in [3.8, 4) is 0 Å². The van der Waals surface area contributed by atoms with Crippen molar-refractivity contribution in [1.82, 2.24) is 10.2 Å². The average Bonchev–Trinajstić information content (AvgIpc) is 2.59. The molecular weight excluding hydrogens is 188 g/mol. The molecule has 3 nitrogen and oxygen atoms in total. The summed E-state index contributed by atoms with van der Waals surface area (Å²) in [7, 11) is 0. The maximum atomic E-state index is 5.86. The van der Waals surface area contributed by atoms with Gasteiger partial charge in [-0.05, 0) is 33.6 Å². The molecule has 0 aromatic heterocycles. The predicted molar refractivity (Wildman–Crippen MR) is 62.1 cm³/mol. The van der Waals surface area contributed by atoms with Gasteiger partial charge in [-0.15, -0.1) is 0 Å². The number of hydrogen-bond donors (Lipinski definition) is 1. The van der Waals surface area contributed by atoms with Crippen molar-refractivity contribution in [1.29, 1.82) is 0 Å². The summed E-state index contributed by atoms with van der Waals surface area (Å²) in [6.45, 7) is 11.1. The second-order valence-electron chi connectivity index (χ2n) is 5.49. The highest BCUT2D eigenvalue weighted by molar-refractivity contribution is 4.89. The number of nitrogens with one attached hydrogen (secondary N) is 1. The first-order valence-corrected chi connectivity index (χ1v) is 6.20. The molecule has 1 N–H and O–H groups in total. The van der Waals surface area contributed by atoms with E-state index < -0.39 is 0 Å². The van der Waals surface area contributed by atoms with Gasteiger partial charge in [0.2, 0.25) is 0 Å². The van der Waals surface area contributed by atoms with E-state index in [1.54, 1.807) is 0 Å². The number of hydrogen-bond acceptors (Lipinski definition) is 3. The summed E-state index contributed by atoms with van der Waals surface area (Å²) in [4.78, 5) is 2.58. The summed E-state index contributed by atoms with van der Waals surface area (Å²) in [5, 5.41) is 3.52. The van der Waals surface area contributed by atoms with E-state index in [0.717, 1.165) is 26.2 Å². The molecule has 2 heterocycles. The van der Waals surface area contributed by atoms with Crippen LogP contribution < -0.4 is 5.32 Å². The fraction of sp³-hybridized carbons (Fsp3) is 1.00. The summed E-state index contributed by atoms with van der Waals surface area (Å²) in [6.07, 6.45) is 2.45. The number of rotatable bonds is 2. The molecule has 0 saturated carbocycles. The van der Waals surface area contributed by atoms with Crippen LogP contribution in [0, 0.1) is 0 Å². The van der Waals surface area contributed by atoms with Crippen molar-refractivity contribution in [3.05, 3.63) is 0 Å². The minimum atomic E-state index is 0.116. The molecule has 0 amide bonds. The van der Waals surface area contributed by atoms with Gasteiger partial charge in [0.25, 0.3) is 0 Å². The molecule has 2 fully saturated rings. The first-order valence-electron chi connectivity index (χ1n) is 6.20. The second kappa shape index (κ2) is 4.40. The average molecular weight is 212 g/mol. The summed E-state index contributed by atoms with van der Waals surface area (Å²) < 4.78 is 5.86. The van der Waals surface area contributed by atoms with Crippen LogP contribution in [0.1, 0.15) is 33.6 Å². The molecule has 0 aromatic carbocycles. The minimum absolute atomic E-state index is 0.116. The van der Waals surface area contributed by atoms with Crippen molar-refractivity contribution >= 4 is 0 Å². The maximum absolute atomic E-state index is 5.86. The summed E-state index contributed by atoms with van der Waals surface area (Å²) >= 11 is 0. The zero-order valence-corrected chi connectivity index (χ0v) is 10.3. The molecule has 0 spiro atoms. The molecule has 0 aromatic rings. The largest absolute Gasteiger partial charge is 0.374 e.